The molecule has 1 amide bonds. The second-order valence-corrected chi connectivity index (χ2v) is 5.01. The summed E-state index contributed by atoms with van der Waals surface area (Å²) >= 11 is 1.37. The van der Waals surface area contributed by atoms with Crippen LogP contribution in [0.2, 0.25) is 0 Å². The van der Waals surface area contributed by atoms with Gasteiger partial charge < -0.3 is 5.32 Å². The summed E-state index contributed by atoms with van der Waals surface area (Å²) in [6.07, 6.45) is 0. The first-order valence-electron chi connectivity index (χ1n) is 5.27. The Bertz CT molecular complexity index is 351. The van der Waals surface area contributed by atoms with Crippen LogP contribution in [-0.4, -0.2) is 37.4 Å². The van der Waals surface area contributed by atoms with Gasteiger partial charge >= 0.3 is 0 Å². The molecule has 0 unspecified atom stereocenters. The van der Waals surface area contributed by atoms with Gasteiger partial charge in [0.05, 0.1) is 5.25 Å². The highest BCUT2D eigenvalue weighted by Gasteiger charge is 2.18. The lowest BCUT2D eigenvalue weighted by atomic mass is 10.3. The van der Waals surface area contributed by atoms with Gasteiger partial charge in [0.15, 0.2) is 0 Å². The molecule has 1 aromatic heterocycles. The SMILES string of the molecule is CCn1nnnc1S[C@H](C)C(=O)NC(C)C. The molecule has 1 rings (SSSR count). The molecule has 0 radical (unpaired) electrons. The third-order valence-corrected chi connectivity index (χ3v) is 2.95. The fraction of sp³-hybridized carbons (Fsp3) is 0.778. The minimum absolute atomic E-state index is 0.00523. The summed E-state index contributed by atoms with van der Waals surface area (Å²) in [7, 11) is 0. The largest absolute Gasteiger partial charge is 0.353 e. The highest BCUT2D eigenvalue weighted by molar-refractivity contribution is 8.00. The lowest BCUT2D eigenvalue weighted by Gasteiger charge is -2.13. The van der Waals surface area contributed by atoms with Gasteiger partial charge in [-0.3, -0.25) is 4.79 Å². The van der Waals surface area contributed by atoms with Crippen LogP contribution in [0.5, 0.6) is 0 Å². The quantitative estimate of drug-likeness (QED) is 0.771. The number of tetrazole rings is 1. The van der Waals surface area contributed by atoms with Crippen LogP contribution in [0.3, 0.4) is 0 Å². The zero-order chi connectivity index (χ0) is 12.1. The highest BCUT2D eigenvalue weighted by atomic mass is 32.2. The van der Waals surface area contributed by atoms with E-state index >= 15 is 0 Å². The van der Waals surface area contributed by atoms with Gasteiger partial charge in [0.1, 0.15) is 0 Å². The van der Waals surface area contributed by atoms with Crippen LogP contribution in [0.15, 0.2) is 5.16 Å². The monoisotopic (exact) mass is 243 g/mol. The number of hydrogen-bond donors (Lipinski definition) is 1. The Balaban J connectivity index is 2.57. The van der Waals surface area contributed by atoms with Crippen molar-refractivity contribution < 1.29 is 4.79 Å². The molecule has 1 N–H and O–H groups in total. The molecule has 1 atom stereocenters. The van der Waals surface area contributed by atoms with Gasteiger partial charge in [-0.2, -0.15) is 0 Å². The summed E-state index contributed by atoms with van der Waals surface area (Å²) < 4.78 is 1.67. The molecular weight excluding hydrogens is 226 g/mol. The van der Waals surface area contributed by atoms with Crippen molar-refractivity contribution in [2.75, 3.05) is 0 Å². The Morgan fingerprint density at radius 2 is 2.19 bits per heavy atom. The predicted octanol–water partition coefficient (Wildman–Crippen LogP) is 0.698. The van der Waals surface area contributed by atoms with E-state index in [1.54, 1.807) is 4.68 Å². The molecule has 6 nitrogen and oxygen atoms in total. The lowest BCUT2D eigenvalue weighted by Crippen LogP contribution is -2.36. The molecule has 0 aliphatic carbocycles. The number of rotatable bonds is 5. The first-order chi connectivity index (χ1) is 7.54. The maximum atomic E-state index is 11.7. The fourth-order valence-electron chi connectivity index (χ4n) is 1.09. The highest BCUT2D eigenvalue weighted by Crippen LogP contribution is 2.19. The molecule has 16 heavy (non-hydrogen) atoms. The Kier molecular flexibility index (Phi) is 4.72. The number of hydrogen-bond acceptors (Lipinski definition) is 5. The summed E-state index contributed by atoms with van der Waals surface area (Å²) in [5.41, 5.74) is 0. The van der Waals surface area contributed by atoms with Crippen molar-refractivity contribution in [2.45, 2.75) is 50.7 Å². The third kappa shape index (κ3) is 3.48. The van der Waals surface area contributed by atoms with Gasteiger partial charge in [0, 0.05) is 12.6 Å². The van der Waals surface area contributed by atoms with E-state index in [1.165, 1.54) is 11.8 Å². The molecular formula is C9H17N5OS. The average Bonchev–Trinajstić information content (AvgIpc) is 2.64. The topological polar surface area (TPSA) is 72.7 Å². The van der Waals surface area contributed by atoms with Crippen molar-refractivity contribution in [1.82, 2.24) is 25.5 Å². The summed E-state index contributed by atoms with van der Waals surface area (Å²) in [5, 5.41) is 14.6. The maximum Gasteiger partial charge on any atom is 0.233 e. The molecule has 0 aromatic carbocycles. The molecule has 0 saturated heterocycles. The summed E-state index contributed by atoms with van der Waals surface area (Å²) in [6, 6.07) is 0.151. The predicted molar refractivity (Wildman–Crippen MR) is 62.1 cm³/mol. The minimum Gasteiger partial charge on any atom is -0.353 e. The number of carbonyl (C=O) groups excluding carboxylic acids is 1. The Morgan fingerprint density at radius 1 is 1.50 bits per heavy atom. The maximum absolute atomic E-state index is 11.7. The summed E-state index contributed by atoms with van der Waals surface area (Å²) in [4.78, 5) is 11.7. The molecule has 7 heteroatoms. The van der Waals surface area contributed by atoms with E-state index in [-0.39, 0.29) is 17.2 Å². The molecule has 0 aliphatic heterocycles. The number of nitrogens with zero attached hydrogens (tertiary/aromatic N) is 4. The molecule has 1 aromatic rings. The third-order valence-electron chi connectivity index (χ3n) is 1.88. The van der Waals surface area contributed by atoms with E-state index < -0.39 is 0 Å². The molecule has 0 aliphatic rings. The molecule has 90 valence electrons. The standard InChI is InChI=1S/C9H17N5OS/c1-5-14-9(11-12-13-14)16-7(4)8(15)10-6(2)3/h6-7H,5H2,1-4H3,(H,10,15)/t7-/m1/s1. The van der Waals surface area contributed by atoms with Crippen LogP contribution < -0.4 is 5.32 Å². The Morgan fingerprint density at radius 3 is 2.75 bits per heavy atom. The fourth-order valence-corrected chi connectivity index (χ4v) is 1.96. The molecule has 0 saturated carbocycles. The second-order valence-electron chi connectivity index (χ2n) is 3.70. The van der Waals surface area contributed by atoms with E-state index in [9.17, 15) is 4.79 Å². The van der Waals surface area contributed by atoms with Crippen LogP contribution in [-0.2, 0) is 11.3 Å². The van der Waals surface area contributed by atoms with Crippen LogP contribution in [0.25, 0.3) is 0 Å². The summed E-state index contributed by atoms with van der Waals surface area (Å²) in [6.45, 7) is 8.38. The van der Waals surface area contributed by atoms with Crippen molar-refractivity contribution in [2.24, 2.45) is 0 Å². The number of aromatic nitrogens is 4. The first-order valence-corrected chi connectivity index (χ1v) is 6.15. The van der Waals surface area contributed by atoms with Gasteiger partial charge in [-0.05, 0) is 38.1 Å². The zero-order valence-electron chi connectivity index (χ0n) is 9.97. The van der Waals surface area contributed by atoms with E-state index in [2.05, 4.69) is 20.8 Å². The number of aryl methyl sites for hydroxylation is 1. The normalized spacial score (nSPS) is 12.8. The van der Waals surface area contributed by atoms with Crippen molar-refractivity contribution in [3.05, 3.63) is 0 Å². The van der Waals surface area contributed by atoms with Gasteiger partial charge in [-0.15, -0.1) is 5.10 Å². The summed E-state index contributed by atoms with van der Waals surface area (Å²) in [5.74, 6) is 0.00523. The van der Waals surface area contributed by atoms with Gasteiger partial charge in [-0.1, -0.05) is 11.8 Å². The molecule has 0 spiro atoms. The Labute approximate surface area is 99.2 Å². The second kappa shape index (κ2) is 5.83. The zero-order valence-corrected chi connectivity index (χ0v) is 10.8. The molecule has 0 fully saturated rings. The van der Waals surface area contributed by atoms with Crippen molar-refractivity contribution in [3.63, 3.8) is 0 Å². The number of amides is 1. The van der Waals surface area contributed by atoms with Crippen LogP contribution in [0, 0.1) is 0 Å². The average molecular weight is 243 g/mol. The number of nitrogens with one attached hydrogen (secondary N) is 1. The van der Waals surface area contributed by atoms with E-state index in [0.717, 1.165) is 0 Å². The van der Waals surface area contributed by atoms with Gasteiger partial charge in [0.2, 0.25) is 11.1 Å². The number of carbonyl (C=O) groups is 1. The van der Waals surface area contributed by atoms with Crippen LogP contribution in [0.1, 0.15) is 27.7 Å². The van der Waals surface area contributed by atoms with Crippen molar-refractivity contribution in [3.8, 4) is 0 Å². The lowest BCUT2D eigenvalue weighted by molar-refractivity contribution is -0.120. The van der Waals surface area contributed by atoms with Crippen LogP contribution in [0.4, 0.5) is 0 Å². The minimum atomic E-state index is -0.196. The van der Waals surface area contributed by atoms with Gasteiger partial charge in [-0.25, -0.2) is 4.68 Å². The smallest absolute Gasteiger partial charge is 0.233 e. The van der Waals surface area contributed by atoms with Crippen LogP contribution >= 0.6 is 11.8 Å². The van der Waals surface area contributed by atoms with E-state index in [0.29, 0.717) is 11.7 Å². The van der Waals surface area contributed by atoms with Gasteiger partial charge in [0.25, 0.3) is 0 Å². The molecule has 1 heterocycles. The van der Waals surface area contributed by atoms with E-state index in [4.69, 9.17) is 0 Å². The van der Waals surface area contributed by atoms with E-state index in [1.807, 2.05) is 27.7 Å². The Hall–Kier alpha value is -1.11. The first kappa shape index (κ1) is 13.0. The van der Waals surface area contributed by atoms with Crippen molar-refractivity contribution >= 4 is 17.7 Å². The molecule has 0 bridgehead atoms. The van der Waals surface area contributed by atoms with Crippen molar-refractivity contribution in [1.29, 1.82) is 0 Å². The number of thioether (sulfide) groups is 1.